The fourth-order valence-electron chi connectivity index (χ4n) is 2.50. The van der Waals surface area contributed by atoms with Crippen LogP contribution >= 0.6 is 0 Å². The number of ether oxygens (including phenoxy) is 3. The summed E-state index contributed by atoms with van der Waals surface area (Å²) < 4.78 is 16.4. The van der Waals surface area contributed by atoms with Crippen LogP contribution < -0.4 is 5.32 Å². The number of aliphatic hydroxyl groups excluding tert-OH is 1. The molecule has 2 rings (SSSR count). The third-order valence-corrected chi connectivity index (χ3v) is 3.18. The lowest BCUT2D eigenvalue weighted by molar-refractivity contribution is -0.486. The van der Waals surface area contributed by atoms with Gasteiger partial charge >= 0.3 is 0 Å². The molecule has 0 aromatic rings. The molecule has 2 heterocycles. The monoisotopic (exact) mass is 290 g/mol. The molecule has 0 spiro atoms. The maximum atomic E-state index is 11.1. The van der Waals surface area contributed by atoms with E-state index in [2.05, 4.69) is 5.32 Å². The second-order valence-electron chi connectivity index (χ2n) is 5.38. The Balaban J connectivity index is 2.08. The van der Waals surface area contributed by atoms with Crippen molar-refractivity contribution in [2.75, 3.05) is 6.54 Å². The fourth-order valence-corrected chi connectivity index (χ4v) is 2.50. The van der Waals surface area contributed by atoms with E-state index in [0.717, 1.165) is 0 Å². The normalized spacial score (nSPS) is 36.4. The Morgan fingerprint density at radius 3 is 2.65 bits per heavy atom. The van der Waals surface area contributed by atoms with Crippen LogP contribution in [0.5, 0.6) is 0 Å². The third kappa shape index (κ3) is 3.06. The number of nitro groups is 1. The Kier molecular flexibility index (Phi) is 3.96. The summed E-state index contributed by atoms with van der Waals surface area (Å²) in [7, 11) is 0. The van der Waals surface area contributed by atoms with Gasteiger partial charge in [-0.3, -0.25) is 14.9 Å². The number of carbonyl (C=O) groups excluding carboxylic acids is 1. The minimum Gasteiger partial charge on any atom is -0.387 e. The maximum absolute atomic E-state index is 11.1. The van der Waals surface area contributed by atoms with Crippen molar-refractivity contribution in [1.29, 1.82) is 0 Å². The van der Waals surface area contributed by atoms with Crippen LogP contribution in [-0.4, -0.2) is 58.9 Å². The second-order valence-corrected chi connectivity index (χ2v) is 5.38. The van der Waals surface area contributed by atoms with Gasteiger partial charge in [0.25, 0.3) is 0 Å². The van der Waals surface area contributed by atoms with Gasteiger partial charge in [0.15, 0.2) is 12.1 Å². The van der Waals surface area contributed by atoms with Crippen molar-refractivity contribution in [3.05, 3.63) is 10.1 Å². The first-order chi connectivity index (χ1) is 9.19. The van der Waals surface area contributed by atoms with Crippen LogP contribution in [-0.2, 0) is 19.0 Å². The van der Waals surface area contributed by atoms with Crippen LogP contribution in [0.3, 0.4) is 0 Å². The van der Waals surface area contributed by atoms with Crippen LogP contribution in [0.2, 0.25) is 0 Å². The van der Waals surface area contributed by atoms with Crippen molar-refractivity contribution in [1.82, 2.24) is 5.32 Å². The Labute approximate surface area is 115 Å². The molecular formula is C11H18N2O7. The quantitative estimate of drug-likeness (QED) is 0.503. The molecule has 0 aliphatic carbocycles. The molecule has 5 atom stereocenters. The number of hydrogen-bond donors (Lipinski definition) is 2. The lowest BCUT2D eigenvalue weighted by atomic mass is 10.0. The van der Waals surface area contributed by atoms with E-state index in [1.54, 1.807) is 13.8 Å². The van der Waals surface area contributed by atoms with Gasteiger partial charge in [0.1, 0.15) is 24.4 Å². The summed E-state index contributed by atoms with van der Waals surface area (Å²) in [5, 5.41) is 23.3. The minimum absolute atomic E-state index is 0.438. The Hall–Kier alpha value is -1.29. The van der Waals surface area contributed by atoms with E-state index in [9.17, 15) is 20.0 Å². The van der Waals surface area contributed by atoms with E-state index in [-0.39, 0.29) is 0 Å². The van der Waals surface area contributed by atoms with Crippen LogP contribution in [0.25, 0.3) is 0 Å². The summed E-state index contributed by atoms with van der Waals surface area (Å²) in [4.78, 5) is 21.2. The highest BCUT2D eigenvalue weighted by atomic mass is 16.8. The number of carbonyl (C=O) groups is 1. The van der Waals surface area contributed by atoms with Gasteiger partial charge in [-0.05, 0) is 13.8 Å². The van der Waals surface area contributed by atoms with Crippen LogP contribution in [0.4, 0.5) is 0 Å². The zero-order valence-corrected chi connectivity index (χ0v) is 11.4. The highest BCUT2D eigenvalue weighted by molar-refractivity contribution is 5.73. The molecular weight excluding hydrogens is 272 g/mol. The van der Waals surface area contributed by atoms with E-state index < -0.39 is 53.8 Å². The van der Waals surface area contributed by atoms with Crippen molar-refractivity contribution in [3.8, 4) is 0 Å². The lowest BCUT2D eigenvalue weighted by Gasteiger charge is -2.26. The summed E-state index contributed by atoms with van der Waals surface area (Å²) in [6.07, 6.45) is -3.58. The van der Waals surface area contributed by atoms with Gasteiger partial charge < -0.3 is 24.6 Å². The Bertz CT molecular complexity index is 398. The summed E-state index contributed by atoms with van der Waals surface area (Å²) >= 11 is 0. The number of rotatable bonds is 4. The molecule has 1 amide bonds. The van der Waals surface area contributed by atoms with Gasteiger partial charge in [0, 0.05) is 11.8 Å². The SMILES string of the molecule is CC(=O)N[C@@H](C[N+](=O)[O-])[C@H]1O[C@@H]2OC(C)(C)O[C@@H]2[C@H]1O. The first kappa shape index (κ1) is 15.1. The maximum Gasteiger partial charge on any atom is 0.226 e. The van der Waals surface area contributed by atoms with Gasteiger partial charge in [-0.2, -0.15) is 0 Å². The molecule has 20 heavy (non-hydrogen) atoms. The van der Waals surface area contributed by atoms with Crippen molar-refractivity contribution in [2.24, 2.45) is 0 Å². The summed E-state index contributed by atoms with van der Waals surface area (Å²) in [6.45, 7) is 4.05. The van der Waals surface area contributed by atoms with Crippen molar-refractivity contribution < 1.29 is 29.0 Å². The van der Waals surface area contributed by atoms with Gasteiger partial charge in [-0.1, -0.05) is 0 Å². The average Bonchev–Trinajstić information content (AvgIpc) is 2.71. The molecule has 2 aliphatic heterocycles. The molecule has 2 aliphatic rings. The van der Waals surface area contributed by atoms with Crippen molar-refractivity contribution >= 4 is 5.91 Å². The zero-order chi connectivity index (χ0) is 15.1. The van der Waals surface area contributed by atoms with E-state index in [1.807, 2.05) is 0 Å². The summed E-state index contributed by atoms with van der Waals surface area (Å²) in [5.41, 5.74) is 0. The molecule has 0 aromatic heterocycles. The molecule has 0 unspecified atom stereocenters. The Morgan fingerprint density at radius 2 is 2.15 bits per heavy atom. The number of nitrogens with zero attached hydrogens (tertiary/aromatic N) is 1. The largest absolute Gasteiger partial charge is 0.387 e. The topological polar surface area (TPSA) is 120 Å². The molecule has 2 N–H and O–H groups in total. The first-order valence-electron chi connectivity index (χ1n) is 6.28. The molecule has 0 aromatic carbocycles. The van der Waals surface area contributed by atoms with Crippen LogP contribution in [0.1, 0.15) is 20.8 Å². The van der Waals surface area contributed by atoms with E-state index in [1.165, 1.54) is 6.92 Å². The molecule has 0 saturated carbocycles. The van der Waals surface area contributed by atoms with Gasteiger partial charge in [-0.25, -0.2) is 0 Å². The van der Waals surface area contributed by atoms with Crippen molar-refractivity contribution in [3.63, 3.8) is 0 Å². The number of nitrogens with one attached hydrogen (secondary N) is 1. The molecule has 9 nitrogen and oxygen atoms in total. The molecule has 114 valence electrons. The number of fused-ring (bicyclic) bond motifs is 1. The van der Waals surface area contributed by atoms with E-state index in [4.69, 9.17) is 14.2 Å². The highest BCUT2D eigenvalue weighted by Gasteiger charge is 2.56. The molecule has 0 bridgehead atoms. The third-order valence-electron chi connectivity index (χ3n) is 3.18. The number of hydrogen-bond acceptors (Lipinski definition) is 7. The number of aliphatic hydroxyl groups is 1. The van der Waals surface area contributed by atoms with Crippen molar-refractivity contribution in [2.45, 2.75) is 57.2 Å². The molecule has 2 fully saturated rings. The molecule has 2 saturated heterocycles. The molecule has 9 heteroatoms. The van der Waals surface area contributed by atoms with Gasteiger partial charge in [-0.15, -0.1) is 0 Å². The standard InChI is InChI=1S/C11H18N2O7/c1-5(14)12-6(4-13(16)17)8-7(15)9-10(18-8)20-11(2,3)19-9/h6-10,15H,4H2,1-3H3,(H,12,14)/t6-,7-,8+,9+,10+/m0/s1. The van der Waals surface area contributed by atoms with Crippen LogP contribution in [0.15, 0.2) is 0 Å². The smallest absolute Gasteiger partial charge is 0.226 e. The van der Waals surface area contributed by atoms with E-state index in [0.29, 0.717) is 0 Å². The predicted molar refractivity (Wildman–Crippen MR) is 64.2 cm³/mol. The lowest BCUT2D eigenvalue weighted by Crippen LogP contribution is -2.52. The highest BCUT2D eigenvalue weighted by Crippen LogP contribution is 2.38. The number of amides is 1. The minimum atomic E-state index is -1.11. The second kappa shape index (κ2) is 5.24. The van der Waals surface area contributed by atoms with Crippen LogP contribution in [0, 0.1) is 10.1 Å². The summed E-state index contributed by atoms with van der Waals surface area (Å²) in [6, 6.07) is -0.946. The van der Waals surface area contributed by atoms with Gasteiger partial charge in [0.05, 0.1) is 0 Å². The Morgan fingerprint density at radius 1 is 1.50 bits per heavy atom. The fraction of sp³-hybridized carbons (Fsp3) is 0.909. The zero-order valence-electron chi connectivity index (χ0n) is 11.4. The average molecular weight is 290 g/mol. The first-order valence-corrected chi connectivity index (χ1v) is 6.28. The predicted octanol–water partition coefficient (Wildman–Crippen LogP) is -0.995. The van der Waals surface area contributed by atoms with E-state index >= 15 is 0 Å². The molecule has 0 radical (unpaired) electrons. The van der Waals surface area contributed by atoms with Gasteiger partial charge in [0.2, 0.25) is 12.5 Å². The summed E-state index contributed by atoms with van der Waals surface area (Å²) in [5.74, 6) is -1.32.